The molecule has 20 heavy (non-hydrogen) atoms. The first-order valence-corrected chi connectivity index (χ1v) is 6.40. The predicted molar refractivity (Wildman–Crippen MR) is 72.9 cm³/mol. The minimum absolute atomic E-state index is 0.0932. The van der Waals surface area contributed by atoms with Gasteiger partial charge in [-0.25, -0.2) is 0 Å². The first-order valence-electron chi connectivity index (χ1n) is 6.40. The summed E-state index contributed by atoms with van der Waals surface area (Å²) in [6, 6.07) is 1.70. The number of nitrogens with two attached hydrogens (primary N) is 1. The highest BCUT2D eigenvalue weighted by atomic mass is 16.5. The number of carbonyl (C=O) groups excluding carboxylic acids is 1. The van der Waals surface area contributed by atoms with Crippen LogP contribution in [-0.2, 0) is 4.74 Å². The van der Waals surface area contributed by atoms with E-state index in [1.807, 2.05) is 0 Å². The number of amides is 1. The van der Waals surface area contributed by atoms with Crippen molar-refractivity contribution in [3.8, 4) is 11.8 Å². The van der Waals surface area contributed by atoms with Crippen LogP contribution in [0.15, 0.2) is 18.5 Å². The molecule has 1 fully saturated rings. The molecule has 6 heteroatoms. The Kier molecular flexibility index (Phi) is 5.07. The largest absolute Gasteiger partial charge is 0.394 e. The number of rotatable bonds is 2. The van der Waals surface area contributed by atoms with Crippen LogP contribution in [0.4, 0.5) is 0 Å². The second-order valence-electron chi connectivity index (χ2n) is 4.39. The third-order valence-electron chi connectivity index (χ3n) is 2.95. The maximum atomic E-state index is 12.4. The van der Waals surface area contributed by atoms with Crippen LogP contribution in [0.25, 0.3) is 0 Å². The predicted octanol–water partition coefficient (Wildman–Crippen LogP) is -0.775. The van der Waals surface area contributed by atoms with Crippen molar-refractivity contribution < 1.29 is 14.6 Å². The van der Waals surface area contributed by atoms with E-state index < -0.39 is 0 Å². The number of ether oxygens (including phenoxy) is 1. The normalized spacial score (nSPS) is 18.3. The van der Waals surface area contributed by atoms with Crippen molar-refractivity contribution in [2.75, 3.05) is 32.8 Å². The summed E-state index contributed by atoms with van der Waals surface area (Å²) in [6.45, 7) is 1.49. The first kappa shape index (κ1) is 14.5. The number of pyridine rings is 1. The maximum absolute atomic E-state index is 12.4. The lowest BCUT2D eigenvalue weighted by Gasteiger charge is -2.32. The monoisotopic (exact) mass is 275 g/mol. The Morgan fingerprint density at radius 2 is 2.45 bits per heavy atom. The molecule has 2 rings (SSSR count). The van der Waals surface area contributed by atoms with Crippen molar-refractivity contribution in [3.05, 3.63) is 29.6 Å². The SMILES string of the molecule is NCC#Cc1cncc(C(=O)N2CCOC(CO)C2)c1. The molecule has 6 nitrogen and oxygen atoms in total. The van der Waals surface area contributed by atoms with Gasteiger partial charge in [0.15, 0.2) is 0 Å². The fraction of sp³-hybridized carbons (Fsp3) is 0.429. The minimum atomic E-state index is -0.319. The highest BCUT2D eigenvalue weighted by Crippen LogP contribution is 2.11. The molecule has 0 radical (unpaired) electrons. The van der Waals surface area contributed by atoms with Gasteiger partial charge in [-0.3, -0.25) is 9.78 Å². The molecule has 1 aromatic heterocycles. The van der Waals surface area contributed by atoms with Crippen molar-refractivity contribution in [2.24, 2.45) is 5.73 Å². The molecular weight excluding hydrogens is 258 g/mol. The van der Waals surface area contributed by atoms with E-state index in [0.29, 0.717) is 30.8 Å². The Hall–Kier alpha value is -1.94. The van der Waals surface area contributed by atoms with Crippen LogP contribution in [0.3, 0.4) is 0 Å². The van der Waals surface area contributed by atoms with Gasteiger partial charge in [-0.1, -0.05) is 11.8 Å². The number of hydrogen-bond donors (Lipinski definition) is 2. The number of aliphatic hydroxyl groups excluding tert-OH is 1. The number of nitrogens with zero attached hydrogens (tertiary/aromatic N) is 2. The highest BCUT2D eigenvalue weighted by molar-refractivity contribution is 5.94. The number of morpholine rings is 1. The zero-order valence-electron chi connectivity index (χ0n) is 11.1. The van der Waals surface area contributed by atoms with Crippen molar-refractivity contribution in [2.45, 2.75) is 6.10 Å². The molecule has 1 saturated heterocycles. The average molecular weight is 275 g/mol. The van der Waals surface area contributed by atoms with E-state index in [1.54, 1.807) is 17.2 Å². The summed E-state index contributed by atoms with van der Waals surface area (Å²) < 4.78 is 5.32. The van der Waals surface area contributed by atoms with E-state index >= 15 is 0 Å². The van der Waals surface area contributed by atoms with Gasteiger partial charge in [-0.2, -0.15) is 0 Å². The quantitative estimate of drug-likeness (QED) is 0.692. The smallest absolute Gasteiger partial charge is 0.255 e. The Bertz CT molecular complexity index is 536. The van der Waals surface area contributed by atoms with E-state index in [2.05, 4.69) is 16.8 Å². The standard InChI is InChI=1S/C14H17N3O3/c15-3-1-2-11-6-12(8-16-7-11)14(19)17-4-5-20-13(9-17)10-18/h6-8,13,18H,3-5,9-10,15H2. The molecule has 2 heterocycles. The van der Waals surface area contributed by atoms with Gasteiger partial charge in [-0.05, 0) is 6.07 Å². The van der Waals surface area contributed by atoms with Crippen molar-refractivity contribution in [3.63, 3.8) is 0 Å². The van der Waals surface area contributed by atoms with Gasteiger partial charge in [0, 0.05) is 31.0 Å². The topological polar surface area (TPSA) is 88.7 Å². The molecule has 3 N–H and O–H groups in total. The summed E-state index contributed by atoms with van der Waals surface area (Å²) in [6.07, 6.45) is 2.79. The van der Waals surface area contributed by atoms with Crippen LogP contribution in [0.5, 0.6) is 0 Å². The van der Waals surface area contributed by atoms with Gasteiger partial charge in [0.25, 0.3) is 5.91 Å². The third-order valence-corrected chi connectivity index (χ3v) is 2.95. The molecule has 1 atom stereocenters. The molecular formula is C14H17N3O3. The molecule has 106 valence electrons. The Morgan fingerprint density at radius 3 is 3.20 bits per heavy atom. The second kappa shape index (κ2) is 7.01. The number of aliphatic hydroxyl groups is 1. The second-order valence-corrected chi connectivity index (χ2v) is 4.39. The summed E-state index contributed by atoms with van der Waals surface area (Å²) in [5.41, 5.74) is 6.45. The highest BCUT2D eigenvalue weighted by Gasteiger charge is 2.24. The van der Waals surface area contributed by atoms with Gasteiger partial charge in [-0.15, -0.1) is 0 Å². The minimum Gasteiger partial charge on any atom is -0.394 e. The lowest BCUT2D eigenvalue weighted by Crippen LogP contribution is -2.46. The molecule has 1 aliphatic rings. The van der Waals surface area contributed by atoms with Gasteiger partial charge in [0.2, 0.25) is 0 Å². The number of aromatic nitrogens is 1. The van der Waals surface area contributed by atoms with Crippen LogP contribution in [0.2, 0.25) is 0 Å². The molecule has 0 aromatic carbocycles. The van der Waals surface area contributed by atoms with E-state index in [4.69, 9.17) is 15.6 Å². The number of hydrogen-bond acceptors (Lipinski definition) is 5. The van der Waals surface area contributed by atoms with E-state index in [9.17, 15) is 4.79 Å². The van der Waals surface area contributed by atoms with Crippen molar-refractivity contribution >= 4 is 5.91 Å². The van der Waals surface area contributed by atoms with Crippen LogP contribution in [-0.4, -0.2) is 59.8 Å². The third kappa shape index (κ3) is 3.54. The maximum Gasteiger partial charge on any atom is 0.255 e. The summed E-state index contributed by atoms with van der Waals surface area (Å²) in [7, 11) is 0. The van der Waals surface area contributed by atoms with Gasteiger partial charge in [0.05, 0.1) is 31.4 Å². The Labute approximate surface area is 117 Å². The lowest BCUT2D eigenvalue weighted by molar-refractivity contribution is -0.0447. The van der Waals surface area contributed by atoms with Crippen LogP contribution in [0.1, 0.15) is 15.9 Å². The summed E-state index contributed by atoms with van der Waals surface area (Å²) >= 11 is 0. The van der Waals surface area contributed by atoms with Crippen LogP contribution in [0, 0.1) is 11.8 Å². The van der Waals surface area contributed by atoms with Crippen LogP contribution < -0.4 is 5.73 Å². The molecule has 0 spiro atoms. The fourth-order valence-corrected chi connectivity index (χ4v) is 1.98. The van der Waals surface area contributed by atoms with E-state index in [-0.39, 0.29) is 25.2 Å². The number of carbonyl (C=O) groups is 1. The van der Waals surface area contributed by atoms with Gasteiger partial charge < -0.3 is 20.5 Å². The van der Waals surface area contributed by atoms with Gasteiger partial charge in [0.1, 0.15) is 0 Å². The fourth-order valence-electron chi connectivity index (χ4n) is 1.98. The molecule has 1 aromatic rings. The first-order chi connectivity index (χ1) is 9.74. The van der Waals surface area contributed by atoms with E-state index in [1.165, 1.54) is 6.20 Å². The Balaban J connectivity index is 2.12. The van der Waals surface area contributed by atoms with E-state index in [0.717, 1.165) is 0 Å². The lowest BCUT2D eigenvalue weighted by atomic mass is 10.1. The summed E-state index contributed by atoms with van der Waals surface area (Å²) in [5, 5.41) is 9.10. The zero-order chi connectivity index (χ0) is 14.4. The summed E-state index contributed by atoms with van der Waals surface area (Å²) in [4.78, 5) is 18.0. The molecule has 1 amide bonds. The Morgan fingerprint density at radius 1 is 1.60 bits per heavy atom. The van der Waals surface area contributed by atoms with Gasteiger partial charge >= 0.3 is 0 Å². The van der Waals surface area contributed by atoms with Crippen molar-refractivity contribution in [1.82, 2.24) is 9.88 Å². The molecule has 0 saturated carbocycles. The zero-order valence-corrected chi connectivity index (χ0v) is 11.1. The molecule has 1 aliphatic heterocycles. The van der Waals surface area contributed by atoms with Crippen molar-refractivity contribution in [1.29, 1.82) is 0 Å². The summed E-state index contributed by atoms with van der Waals surface area (Å²) in [5.74, 6) is 5.45. The molecule has 1 unspecified atom stereocenters. The average Bonchev–Trinajstić information content (AvgIpc) is 2.52. The van der Waals surface area contributed by atoms with Crippen LogP contribution >= 0.6 is 0 Å². The molecule has 0 bridgehead atoms. The molecule has 0 aliphatic carbocycles.